The van der Waals surface area contributed by atoms with Gasteiger partial charge in [-0.15, -0.1) is 11.8 Å². The van der Waals surface area contributed by atoms with Crippen LogP contribution in [0.5, 0.6) is 0 Å². The summed E-state index contributed by atoms with van der Waals surface area (Å²) in [4.78, 5) is 0. The molecule has 1 N–H and O–H groups in total. The van der Waals surface area contributed by atoms with Crippen molar-refractivity contribution in [3.8, 4) is 0 Å². The Morgan fingerprint density at radius 1 is 0.952 bits per heavy atom. The van der Waals surface area contributed by atoms with Crippen molar-refractivity contribution in [1.29, 1.82) is 0 Å². The van der Waals surface area contributed by atoms with Crippen molar-refractivity contribution < 1.29 is 8.83 Å². The van der Waals surface area contributed by atoms with Crippen molar-refractivity contribution in [2.45, 2.75) is 11.5 Å². The Balaban J connectivity index is 1.52. The van der Waals surface area contributed by atoms with Crippen LogP contribution in [0.3, 0.4) is 0 Å². The number of hydrogen-bond acceptors (Lipinski definition) is 4. The lowest BCUT2D eigenvalue weighted by atomic mass is 10.3. The van der Waals surface area contributed by atoms with Gasteiger partial charge in [0.2, 0.25) is 0 Å². The number of furan rings is 2. The number of halogens is 1. The van der Waals surface area contributed by atoms with E-state index >= 15 is 0 Å². The third-order valence-electron chi connectivity index (χ3n) is 2.84. The topological polar surface area (TPSA) is 38.3 Å². The minimum absolute atomic E-state index is 0.768. The van der Waals surface area contributed by atoms with E-state index in [-0.39, 0.29) is 0 Å². The zero-order valence-corrected chi connectivity index (χ0v) is 14.2. The van der Waals surface area contributed by atoms with Gasteiger partial charge in [-0.1, -0.05) is 0 Å². The second-order valence-electron chi connectivity index (χ2n) is 4.47. The first kappa shape index (κ1) is 14.6. The van der Waals surface area contributed by atoms with E-state index in [9.17, 15) is 0 Å². The minimum atomic E-state index is 0.768. The van der Waals surface area contributed by atoms with E-state index in [1.165, 1.54) is 3.57 Å². The molecule has 0 saturated heterocycles. The molecule has 3 aromatic rings. The Morgan fingerprint density at radius 2 is 1.76 bits per heavy atom. The van der Waals surface area contributed by atoms with Gasteiger partial charge in [-0.2, -0.15) is 0 Å². The number of anilines is 2. The molecule has 108 valence electrons. The number of hydrogen-bond donors (Lipinski definition) is 1. The first-order valence-corrected chi connectivity index (χ1v) is 8.74. The summed E-state index contributed by atoms with van der Waals surface area (Å²) < 4.78 is 12.3. The summed E-state index contributed by atoms with van der Waals surface area (Å²) in [6.07, 6.45) is 1.70. The largest absolute Gasteiger partial charge is 0.468 e. The van der Waals surface area contributed by atoms with Crippen molar-refractivity contribution >= 4 is 45.9 Å². The lowest BCUT2D eigenvalue weighted by molar-refractivity contribution is 0.529. The maximum atomic E-state index is 5.77. The lowest BCUT2D eigenvalue weighted by Crippen LogP contribution is -1.87. The highest BCUT2D eigenvalue weighted by molar-refractivity contribution is 14.1. The Kier molecular flexibility index (Phi) is 4.92. The molecule has 0 atom stereocenters. The second kappa shape index (κ2) is 7.09. The molecule has 2 heterocycles. The van der Waals surface area contributed by atoms with Crippen LogP contribution >= 0.6 is 34.4 Å². The van der Waals surface area contributed by atoms with Crippen molar-refractivity contribution in [2.75, 3.05) is 5.32 Å². The van der Waals surface area contributed by atoms with Crippen LogP contribution in [0.1, 0.15) is 11.5 Å². The molecule has 0 saturated carbocycles. The van der Waals surface area contributed by atoms with E-state index in [1.807, 2.05) is 36.4 Å². The summed E-state index contributed by atoms with van der Waals surface area (Å²) in [5, 5.41) is 3.26. The molecule has 0 aliphatic rings. The van der Waals surface area contributed by atoms with E-state index in [0.717, 1.165) is 34.6 Å². The molecule has 5 heteroatoms. The molecule has 0 unspecified atom stereocenters. The lowest BCUT2D eigenvalue weighted by Gasteiger charge is -2.02. The van der Waals surface area contributed by atoms with E-state index in [4.69, 9.17) is 8.83 Å². The fourth-order valence-corrected chi connectivity index (χ4v) is 3.03. The molecule has 21 heavy (non-hydrogen) atoms. The summed E-state index contributed by atoms with van der Waals surface area (Å²) in [7, 11) is 0. The number of nitrogens with one attached hydrogen (secondary N) is 1. The SMILES string of the molecule is Ic1ccc(Nc2ccc(CSCc3ccco3)o2)cc1. The highest BCUT2D eigenvalue weighted by Gasteiger charge is 2.04. The summed E-state index contributed by atoms with van der Waals surface area (Å²) in [5.74, 6) is 4.40. The Bertz CT molecular complexity index is 677. The van der Waals surface area contributed by atoms with Crippen LogP contribution in [0, 0.1) is 3.57 Å². The van der Waals surface area contributed by atoms with Gasteiger partial charge in [0.1, 0.15) is 11.5 Å². The van der Waals surface area contributed by atoms with Crippen LogP contribution in [-0.2, 0) is 11.5 Å². The average molecular weight is 411 g/mol. The fraction of sp³-hybridized carbons (Fsp3) is 0.125. The molecule has 3 nitrogen and oxygen atoms in total. The zero-order valence-electron chi connectivity index (χ0n) is 11.2. The molecule has 0 amide bonds. The second-order valence-corrected chi connectivity index (χ2v) is 6.70. The predicted molar refractivity (Wildman–Crippen MR) is 94.9 cm³/mol. The molecule has 3 rings (SSSR count). The van der Waals surface area contributed by atoms with Crippen molar-refractivity contribution in [3.63, 3.8) is 0 Å². The number of thioether (sulfide) groups is 1. The molecule has 0 radical (unpaired) electrons. The highest BCUT2D eigenvalue weighted by atomic mass is 127. The van der Waals surface area contributed by atoms with Gasteiger partial charge in [-0.05, 0) is 65.1 Å². The van der Waals surface area contributed by atoms with Crippen LogP contribution in [0.15, 0.2) is 63.6 Å². The van der Waals surface area contributed by atoms with Crippen molar-refractivity contribution in [1.82, 2.24) is 0 Å². The third-order valence-corrected chi connectivity index (χ3v) is 4.54. The van der Waals surface area contributed by atoms with E-state index in [1.54, 1.807) is 18.0 Å². The van der Waals surface area contributed by atoms with E-state index in [2.05, 4.69) is 40.0 Å². The van der Waals surface area contributed by atoms with Crippen molar-refractivity contribution in [2.24, 2.45) is 0 Å². The van der Waals surface area contributed by atoms with Gasteiger partial charge in [0, 0.05) is 15.3 Å². The first-order chi connectivity index (χ1) is 10.3. The van der Waals surface area contributed by atoms with Crippen molar-refractivity contribution in [3.05, 3.63) is 69.9 Å². The standard InChI is InChI=1S/C16H14INO2S/c17-12-3-5-13(6-4-12)18-16-8-7-15(20-16)11-21-10-14-2-1-9-19-14/h1-9,18H,10-11H2. The molecular weight excluding hydrogens is 397 g/mol. The minimum Gasteiger partial charge on any atom is -0.468 e. The van der Waals surface area contributed by atoms with Crippen LogP contribution in [-0.4, -0.2) is 0 Å². The fourth-order valence-electron chi connectivity index (χ4n) is 1.85. The van der Waals surface area contributed by atoms with Crippen LogP contribution in [0.25, 0.3) is 0 Å². The van der Waals surface area contributed by atoms with Gasteiger partial charge in [-0.25, -0.2) is 0 Å². The Hall–Kier alpha value is -1.34. The smallest absolute Gasteiger partial charge is 0.197 e. The Morgan fingerprint density at radius 3 is 2.52 bits per heavy atom. The van der Waals surface area contributed by atoms with Gasteiger partial charge in [0.25, 0.3) is 0 Å². The van der Waals surface area contributed by atoms with Gasteiger partial charge < -0.3 is 14.2 Å². The monoisotopic (exact) mass is 411 g/mol. The van der Waals surface area contributed by atoms with Gasteiger partial charge in [0.05, 0.1) is 17.8 Å². The Labute approximate surface area is 141 Å². The predicted octanol–water partition coefficient (Wildman–Crippen LogP) is 5.65. The molecular formula is C16H14INO2S. The molecule has 0 aliphatic heterocycles. The normalized spacial score (nSPS) is 10.7. The third kappa shape index (κ3) is 4.31. The summed E-state index contributed by atoms with van der Waals surface area (Å²) >= 11 is 4.06. The van der Waals surface area contributed by atoms with Crippen LogP contribution in [0.2, 0.25) is 0 Å². The maximum Gasteiger partial charge on any atom is 0.197 e. The molecule has 0 bridgehead atoms. The maximum absolute atomic E-state index is 5.77. The molecule has 0 fully saturated rings. The summed E-state index contributed by atoms with van der Waals surface area (Å²) in [5.41, 5.74) is 1.03. The number of rotatable bonds is 6. The quantitative estimate of drug-likeness (QED) is 0.532. The average Bonchev–Trinajstić information content (AvgIpc) is 3.14. The van der Waals surface area contributed by atoms with Crippen LogP contribution in [0.4, 0.5) is 11.6 Å². The molecule has 0 spiro atoms. The summed E-state index contributed by atoms with van der Waals surface area (Å²) in [6.45, 7) is 0. The van der Waals surface area contributed by atoms with E-state index in [0.29, 0.717) is 0 Å². The molecule has 0 aliphatic carbocycles. The molecule has 1 aromatic carbocycles. The highest BCUT2D eigenvalue weighted by Crippen LogP contribution is 2.24. The zero-order chi connectivity index (χ0) is 14.5. The first-order valence-electron chi connectivity index (χ1n) is 6.51. The van der Waals surface area contributed by atoms with E-state index < -0.39 is 0 Å². The van der Waals surface area contributed by atoms with Gasteiger partial charge in [-0.3, -0.25) is 0 Å². The van der Waals surface area contributed by atoms with Crippen LogP contribution < -0.4 is 5.32 Å². The van der Waals surface area contributed by atoms with Gasteiger partial charge >= 0.3 is 0 Å². The molecule has 2 aromatic heterocycles. The number of benzene rings is 1. The van der Waals surface area contributed by atoms with Gasteiger partial charge in [0.15, 0.2) is 5.88 Å². The summed E-state index contributed by atoms with van der Waals surface area (Å²) in [6, 6.07) is 16.1.